The molecule has 2 fully saturated rings. The Kier molecular flexibility index (Phi) is 5.07. The summed E-state index contributed by atoms with van der Waals surface area (Å²) in [6.07, 6.45) is 4.62. The molecule has 2 saturated heterocycles. The van der Waals surface area contributed by atoms with Crippen LogP contribution < -0.4 is 4.74 Å². The molecule has 0 radical (unpaired) electrons. The number of nitrogens with zero attached hydrogens (tertiary/aromatic N) is 5. The van der Waals surface area contributed by atoms with E-state index in [-0.39, 0.29) is 29.8 Å². The highest BCUT2D eigenvalue weighted by Gasteiger charge is 2.52. The summed E-state index contributed by atoms with van der Waals surface area (Å²) in [7, 11) is 3.61. The molecule has 9 heteroatoms. The second-order valence-corrected chi connectivity index (χ2v) is 8.07. The van der Waals surface area contributed by atoms with Gasteiger partial charge in [-0.1, -0.05) is 0 Å². The quantitative estimate of drug-likeness (QED) is 0.673. The van der Waals surface area contributed by atoms with Crippen LogP contribution in [-0.4, -0.2) is 74.4 Å². The zero-order chi connectivity index (χ0) is 21.5. The molecule has 2 bridgehead atoms. The van der Waals surface area contributed by atoms with Gasteiger partial charge in [-0.05, 0) is 31.7 Å². The average Bonchev–Trinajstić information content (AvgIpc) is 3.39. The van der Waals surface area contributed by atoms with Crippen LogP contribution in [-0.2, 0) is 4.74 Å². The van der Waals surface area contributed by atoms with Gasteiger partial charge in [0.05, 0.1) is 23.8 Å². The van der Waals surface area contributed by atoms with Crippen molar-refractivity contribution in [3.05, 3.63) is 49.1 Å². The molecule has 0 amide bonds. The lowest BCUT2D eigenvalue weighted by Crippen LogP contribution is -2.53. The number of likely N-dealkylation sites (N-methyl/N-ethyl adjacent to an activating group) is 1. The van der Waals surface area contributed by atoms with Crippen LogP contribution in [0.25, 0.3) is 16.9 Å². The normalized spacial score (nSPS) is 28.0. The van der Waals surface area contributed by atoms with Crippen molar-refractivity contribution in [3.63, 3.8) is 0 Å². The Labute approximate surface area is 179 Å². The van der Waals surface area contributed by atoms with Crippen LogP contribution in [0.4, 0.5) is 4.39 Å². The molecule has 2 aliphatic heterocycles. The number of alkyl halides is 1. The van der Waals surface area contributed by atoms with Crippen molar-refractivity contribution in [2.75, 3.05) is 14.2 Å². The molecule has 5 rings (SSSR count). The summed E-state index contributed by atoms with van der Waals surface area (Å²) in [5.41, 5.74) is 1.83. The summed E-state index contributed by atoms with van der Waals surface area (Å²) in [5.74, 6) is 0.347. The number of methoxy groups -OCH3 is 1. The van der Waals surface area contributed by atoms with E-state index in [0.717, 1.165) is 5.69 Å². The Hall–Kier alpha value is -3.04. The van der Waals surface area contributed by atoms with E-state index >= 15 is 4.39 Å². The molecule has 8 nitrogen and oxygen atoms in total. The van der Waals surface area contributed by atoms with Crippen LogP contribution in [0.1, 0.15) is 12.8 Å². The fourth-order valence-electron chi connectivity index (χ4n) is 4.72. The number of piperidine rings is 1. The first-order chi connectivity index (χ1) is 15.0. The Morgan fingerprint density at radius 1 is 1.10 bits per heavy atom. The van der Waals surface area contributed by atoms with Gasteiger partial charge in [0.2, 0.25) is 5.88 Å². The first-order valence-corrected chi connectivity index (χ1v) is 10.3. The smallest absolute Gasteiger partial charge is 0.233 e. The van der Waals surface area contributed by atoms with E-state index in [1.165, 1.54) is 0 Å². The highest BCUT2D eigenvalue weighted by Crippen LogP contribution is 2.39. The van der Waals surface area contributed by atoms with Crippen molar-refractivity contribution in [2.24, 2.45) is 0 Å². The van der Waals surface area contributed by atoms with Crippen molar-refractivity contribution in [1.29, 1.82) is 0 Å². The lowest BCUT2D eigenvalue weighted by atomic mass is 9.98. The molecular formula is C22H24FN5O3. The van der Waals surface area contributed by atoms with Crippen molar-refractivity contribution >= 4 is 0 Å². The molecule has 5 atom stereocenters. The molecule has 162 valence electrons. The van der Waals surface area contributed by atoms with Gasteiger partial charge >= 0.3 is 0 Å². The van der Waals surface area contributed by atoms with Crippen molar-refractivity contribution < 1.29 is 19.0 Å². The molecule has 1 aromatic carbocycles. The second-order valence-electron chi connectivity index (χ2n) is 8.07. The standard InChI is InChI=1S/C22H24FN5O3/c1-27-16-10-20(22(23)17(27)11-19(16)30-2)31-21-6-5-15(25-26-21)14-4-3-13(9-18(14)29)28-8-7-24-12-28/h3-9,12,16-17,19-20,22,29H,10-11H2,1-2H3/t16?,17?,19-,20-,22-/m1/s1. The third-order valence-corrected chi connectivity index (χ3v) is 6.42. The van der Waals surface area contributed by atoms with Gasteiger partial charge in [0.15, 0.2) is 6.17 Å². The number of hydrogen-bond acceptors (Lipinski definition) is 7. The predicted octanol–water partition coefficient (Wildman–Crippen LogP) is 2.61. The van der Waals surface area contributed by atoms with Crippen LogP contribution in [0.2, 0.25) is 0 Å². The van der Waals surface area contributed by atoms with Gasteiger partial charge in [-0.2, -0.15) is 0 Å². The van der Waals surface area contributed by atoms with E-state index in [4.69, 9.17) is 9.47 Å². The third kappa shape index (κ3) is 3.53. The Morgan fingerprint density at radius 3 is 2.61 bits per heavy atom. The third-order valence-electron chi connectivity index (χ3n) is 6.42. The molecule has 0 aliphatic carbocycles. The number of hydrogen-bond donors (Lipinski definition) is 1. The van der Waals surface area contributed by atoms with Gasteiger partial charge in [0, 0.05) is 55.7 Å². The maximum Gasteiger partial charge on any atom is 0.233 e. The maximum absolute atomic E-state index is 15.0. The molecule has 2 unspecified atom stereocenters. The summed E-state index contributed by atoms with van der Waals surface area (Å²) >= 11 is 0. The number of aromatic nitrogens is 4. The Bertz CT molecular complexity index is 1040. The number of phenolic OH excluding ortho intramolecular Hbond substituents is 1. The van der Waals surface area contributed by atoms with Crippen molar-refractivity contribution in [2.45, 2.75) is 43.3 Å². The van der Waals surface area contributed by atoms with Crippen molar-refractivity contribution in [1.82, 2.24) is 24.6 Å². The minimum Gasteiger partial charge on any atom is -0.507 e. The highest BCUT2D eigenvalue weighted by atomic mass is 19.1. The van der Waals surface area contributed by atoms with E-state index in [1.54, 1.807) is 54.7 Å². The van der Waals surface area contributed by atoms with Gasteiger partial charge < -0.3 is 19.1 Å². The summed E-state index contributed by atoms with van der Waals surface area (Å²) in [5, 5.41) is 18.7. The van der Waals surface area contributed by atoms with E-state index in [9.17, 15) is 5.11 Å². The van der Waals surface area contributed by atoms with Gasteiger partial charge in [-0.25, -0.2) is 9.37 Å². The molecule has 2 aromatic heterocycles. The summed E-state index contributed by atoms with van der Waals surface area (Å²) in [6.45, 7) is 0. The van der Waals surface area contributed by atoms with Crippen molar-refractivity contribution in [3.8, 4) is 28.6 Å². The van der Waals surface area contributed by atoms with E-state index < -0.39 is 12.3 Å². The lowest BCUT2D eigenvalue weighted by Gasteiger charge is -2.38. The van der Waals surface area contributed by atoms with Gasteiger partial charge in [0.25, 0.3) is 0 Å². The predicted molar refractivity (Wildman–Crippen MR) is 111 cm³/mol. The Balaban J connectivity index is 1.31. The molecule has 4 heterocycles. The number of halogens is 1. The van der Waals surface area contributed by atoms with E-state index in [0.29, 0.717) is 24.1 Å². The van der Waals surface area contributed by atoms with Gasteiger partial charge in [-0.15, -0.1) is 10.2 Å². The maximum atomic E-state index is 15.0. The summed E-state index contributed by atoms with van der Waals surface area (Å²) in [6, 6.07) is 8.55. The zero-order valence-electron chi connectivity index (χ0n) is 17.3. The minimum atomic E-state index is -1.12. The van der Waals surface area contributed by atoms with E-state index in [2.05, 4.69) is 20.1 Å². The Morgan fingerprint density at radius 2 is 1.94 bits per heavy atom. The molecule has 1 N–H and O–H groups in total. The largest absolute Gasteiger partial charge is 0.507 e. The van der Waals surface area contributed by atoms with Crippen LogP contribution >= 0.6 is 0 Å². The molecule has 0 saturated carbocycles. The topological polar surface area (TPSA) is 85.5 Å². The summed E-state index contributed by atoms with van der Waals surface area (Å²) in [4.78, 5) is 6.07. The molecule has 2 aliphatic rings. The van der Waals surface area contributed by atoms with Crippen LogP contribution in [0.15, 0.2) is 49.1 Å². The number of imidazole rings is 1. The SMILES string of the molecule is CO[C@@H]1CC2[C@@H](F)[C@H](Oc3ccc(-c4ccc(-n5ccnc5)cc4O)nn3)CC1N2C. The fourth-order valence-corrected chi connectivity index (χ4v) is 4.72. The van der Waals surface area contributed by atoms with Gasteiger partial charge in [-0.3, -0.25) is 4.90 Å². The molecule has 31 heavy (non-hydrogen) atoms. The number of fused-ring (bicyclic) bond motifs is 2. The second kappa shape index (κ2) is 7.90. The average molecular weight is 425 g/mol. The monoisotopic (exact) mass is 425 g/mol. The zero-order valence-corrected chi connectivity index (χ0v) is 17.3. The first-order valence-electron chi connectivity index (χ1n) is 10.3. The molecule has 3 aromatic rings. The fraction of sp³-hybridized carbons (Fsp3) is 0.409. The van der Waals surface area contributed by atoms with Crippen LogP contribution in [0, 0.1) is 0 Å². The number of aromatic hydroxyl groups is 1. The van der Waals surface area contributed by atoms with Crippen LogP contribution in [0.5, 0.6) is 11.6 Å². The summed E-state index contributed by atoms with van der Waals surface area (Å²) < 4.78 is 28.2. The number of ether oxygens (including phenoxy) is 2. The molecular weight excluding hydrogens is 401 g/mol. The first kappa shape index (κ1) is 19.9. The van der Waals surface area contributed by atoms with Gasteiger partial charge in [0.1, 0.15) is 11.9 Å². The van der Waals surface area contributed by atoms with Crippen LogP contribution in [0.3, 0.4) is 0 Å². The number of rotatable bonds is 5. The number of phenols is 1. The number of benzene rings is 1. The highest BCUT2D eigenvalue weighted by molar-refractivity contribution is 5.68. The molecule has 0 spiro atoms. The van der Waals surface area contributed by atoms with E-state index in [1.807, 2.05) is 13.1 Å². The minimum absolute atomic E-state index is 0.0172. The lowest BCUT2D eigenvalue weighted by molar-refractivity contribution is -0.0263.